The number of nitrogens with two attached hydrogens (primary N) is 1. The van der Waals surface area contributed by atoms with E-state index in [2.05, 4.69) is 10.3 Å². The Morgan fingerprint density at radius 2 is 2.47 bits per heavy atom. The number of rotatable bonds is 3. The summed E-state index contributed by atoms with van der Waals surface area (Å²) in [7, 11) is 0. The predicted octanol–water partition coefficient (Wildman–Crippen LogP) is 0.687. The summed E-state index contributed by atoms with van der Waals surface area (Å²) in [6.45, 7) is 0. The van der Waals surface area contributed by atoms with Crippen LogP contribution in [0.1, 0.15) is 31.4 Å². The summed E-state index contributed by atoms with van der Waals surface area (Å²) < 4.78 is 0. The van der Waals surface area contributed by atoms with Crippen molar-refractivity contribution in [3.63, 3.8) is 0 Å². The summed E-state index contributed by atoms with van der Waals surface area (Å²) in [5, 5.41) is 14.7. The van der Waals surface area contributed by atoms with E-state index in [4.69, 9.17) is 5.73 Å². The molecule has 4 N–H and O–H groups in total. The minimum atomic E-state index is -0.274. The molecule has 1 aromatic rings. The van der Waals surface area contributed by atoms with E-state index < -0.39 is 0 Å². The average Bonchev–Trinajstić information content (AvgIpc) is 2.63. The van der Waals surface area contributed by atoms with Crippen LogP contribution in [0.3, 0.4) is 0 Å². The highest BCUT2D eigenvalue weighted by molar-refractivity contribution is 7.13. The number of nitrogens with zero attached hydrogens (tertiary/aromatic N) is 1. The van der Waals surface area contributed by atoms with Crippen LogP contribution in [0.5, 0.6) is 0 Å². The SMILES string of the molecule is Nc1nc(CC(=O)NC2CCCC(O)C2)cs1. The number of aliphatic hydroxyl groups is 1. The number of nitrogens with one attached hydrogen (secondary N) is 1. The van der Waals surface area contributed by atoms with Crippen LogP contribution in [0.15, 0.2) is 5.38 Å². The number of carbonyl (C=O) groups excluding carboxylic acids is 1. The molecule has 1 aliphatic rings. The molecule has 0 bridgehead atoms. The Morgan fingerprint density at radius 1 is 1.65 bits per heavy atom. The summed E-state index contributed by atoms with van der Waals surface area (Å²) in [5.41, 5.74) is 6.21. The first-order valence-corrected chi connectivity index (χ1v) is 6.69. The minimum absolute atomic E-state index is 0.0469. The lowest BCUT2D eigenvalue weighted by Crippen LogP contribution is -2.40. The number of thiazole rings is 1. The fourth-order valence-electron chi connectivity index (χ4n) is 2.14. The Bertz CT molecular complexity index is 394. The zero-order valence-corrected chi connectivity index (χ0v) is 10.4. The van der Waals surface area contributed by atoms with Crippen molar-refractivity contribution in [2.24, 2.45) is 0 Å². The molecule has 0 aliphatic heterocycles. The molecule has 1 saturated carbocycles. The van der Waals surface area contributed by atoms with Gasteiger partial charge in [0.1, 0.15) is 0 Å². The van der Waals surface area contributed by atoms with Crippen LogP contribution in [0.4, 0.5) is 5.13 Å². The molecule has 0 spiro atoms. The summed E-state index contributed by atoms with van der Waals surface area (Å²) in [6.07, 6.45) is 3.40. The molecule has 1 fully saturated rings. The highest BCUT2D eigenvalue weighted by Gasteiger charge is 2.21. The third-order valence-corrected chi connectivity index (χ3v) is 3.65. The molecule has 2 unspecified atom stereocenters. The van der Waals surface area contributed by atoms with Crippen LogP contribution < -0.4 is 11.1 Å². The third kappa shape index (κ3) is 3.67. The Labute approximate surface area is 104 Å². The number of aromatic nitrogens is 1. The van der Waals surface area contributed by atoms with Gasteiger partial charge < -0.3 is 16.2 Å². The maximum Gasteiger partial charge on any atom is 0.226 e. The molecule has 2 atom stereocenters. The number of hydrogen-bond donors (Lipinski definition) is 3. The van der Waals surface area contributed by atoms with E-state index in [0.29, 0.717) is 17.2 Å². The van der Waals surface area contributed by atoms with Crippen LogP contribution in [-0.2, 0) is 11.2 Å². The van der Waals surface area contributed by atoms with Crippen molar-refractivity contribution in [3.8, 4) is 0 Å². The molecule has 1 amide bonds. The standard InChI is InChI=1S/C11H17N3O2S/c12-11-14-8(6-17-11)5-10(16)13-7-2-1-3-9(15)4-7/h6-7,9,15H,1-5H2,(H2,12,14)(H,13,16). The third-order valence-electron chi connectivity index (χ3n) is 2.92. The van der Waals surface area contributed by atoms with E-state index in [-0.39, 0.29) is 24.5 Å². The second kappa shape index (κ2) is 5.46. The zero-order valence-electron chi connectivity index (χ0n) is 9.56. The van der Waals surface area contributed by atoms with Crippen molar-refractivity contribution < 1.29 is 9.90 Å². The molecule has 0 aromatic carbocycles. The molecule has 1 aliphatic carbocycles. The molecular formula is C11H17N3O2S. The van der Waals surface area contributed by atoms with Gasteiger partial charge in [-0.1, -0.05) is 0 Å². The van der Waals surface area contributed by atoms with Crippen LogP contribution in [0.2, 0.25) is 0 Å². The maximum absolute atomic E-state index is 11.7. The quantitative estimate of drug-likeness (QED) is 0.741. The maximum atomic E-state index is 11.7. The summed E-state index contributed by atoms with van der Waals surface area (Å²) >= 11 is 1.34. The molecule has 94 valence electrons. The number of amides is 1. The Morgan fingerprint density at radius 3 is 3.12 bits per heavy atom. The van der Waals surface area contributed by atoms with Gasteiger partial charge >= 0.3 is 0 Å². The van der Waals surface area contributed by atoms with Crippen LogP contribution in [-0.4, -0.2) is 28.1 Å². The molecule has 0 saturated heterocycles. The van der Waals surface area contributed by atoms with Crippen molar-refractivity contribution >= 4 is 22.4 Å². The molecule has 1 heterocycles. The lowest BCUT2D eigenvalue weighted by Gasteiger charge is -2.26. The lowest BCUT2D eigenvalue weighted by atomic mass is 9.93. The van der Waals surface area contributed by atoms with Crippen molar-refractivity contribution in [3.05, 3.63) is 11.1 Å². The number of carbonyl (C=O) groups is 1. The van der Waals surface area contributed by atoms with E-state index in [9.17, 15) is 9.90 Å². The number of anilines is 1. The van der Waals surface area contributed by atoms with Gasteiger partial charge in [-0.15, -0.1) is 11.3 Å². The molecule has 17 heavy (non-hydrogen) atoms. The number of nitrogen functional groups attached to an aromatic ring is 1. The number of hydrogen-bond acceptors (Lipinski definition) is 5. The molecular weight excluding hydrogens is 238 g/mol. The average molecular weight is 255 g/mol. The van der Waals surface area contributed by atoms with Crippen molar-refractivity contribution in [1.82, 2.24) is 10.3 Å². The summed E-state index contributed by atoms with van der Waals surface area (Å²) in [5.74, 6) is -0.0469. The number of aliphatic hydroxyl groups excluding tert-OH is 1. The van der Waals surface area contributed by atoms with Crippen molar-refractivity contribution in [2.75, 3.05) is 5.73 Å². The Balaban J connectivity index is 1.80. The van der Waals surface area contributed by atoms with Gasteiger partial charge in [0, 0.05) is 11.4 Å². The first-order chi connectivity index (χ1) is 8.13. The van der Waals surface area contributed by atoms with E-state index in [1.165, 1.54) is 11.3 Å². The van der Waals surface area contributed by atoms with Gasteiger partial charge in [0.25, 0.3) is 0 Å². The first kappa shape index (κ1) is 12.3. The normalized spacial score (nSPS) is 24.5. The summed E-state index contributed by atoms with van der Waals surface area (Å²) in [6, 6.07) is 0.0993. The second-order valence-electron chi connectivity index (χ2n) is 4.44. The largest absolute Gasteiger partial charge is 0.393 e. The lowest BCUT2D eigenvalue weighted by molar-refractivity contribution is -0.121. The van der Waals surface area contributed by atoms with Gasteiger partial charge in [-0.05, 0) is 25.7 Å². The minimum Gasteiger partial charge on any atom is -0.393 e. The van der Waals surface area contributed by atoms with Crippen molar-refractivity contribution in [2.45, 2.75) is 44.2 Å². The smallest absolute Gasteiger partial charge is 0.226 e. The highest BCUT2D eigenvalue weighted by Crippen LogP contribution is 2.18. The second-order valence-corrected chi connectivity index (χ2v) is 5.33. The van der Waals surface area contributed by atoms with Gasteiger partial charge in [-0.2, -0.15) is 0 Å². The van der Waals surface area contributed by atoms with E-state index in [1.54, 1.807) is 5.38 Å². The fraction of sp³-hybridized carbons (Fsp3) is 0.636. The van der Waals surface area contributed by atoms with Gasteiger partial charge in [0.05, 0.1) is 18.2 Å². The Kier molecular flexibility index (Phi) is 3.96. The monoisotopic (exact) mass is 255 g/mol. The predicted molar refractivity (Wildman–Crippen MR) is 66.6 cm³/mol. The topological polar surface area (TPSA) is 88.2 Å². The molecule has 2 rings (SSSR count). The molecule has 6 heteroatoms. The Hall–Kier alpha value is -1.14. The van der Waals surface area contributed by atoms with Gasteiger partial charge in [0.15, 0.2) is 5.13 Å². The molecule has 1 aromatic heterocycles. The fourth-order valence-corrected chi connectivity index (χ4v) is 2.70. The van der Waals surface area contributed by atoms with E-state index in [1.807, 2.05) is 0 Å². The van der Waals surface area contributed by atoms with Gasteiger partial charge in [0.2, 0.25) is 5.91 Å². The van der Waals surface area contributed by atoms with Gasteiger partial charge in [-0.3, -0.25) is 4.79 Å². The van der Waals surface area contributed by atoms with Crippen LogP contribution >= 0.6 is 11.3 Å². The zero-order chi connectivity index (χ0) is 12.3. The van der Waals surface area contributed by atoms with Crippen LogP contribution in [0, 0.1) is 0 Å². The first-order valence-electron chi connectivity index (χ1n) is 5.81. The molecule has 0 radical (unpaired) electrons. The van der Waals surface area contributed by atoms with Gasteiger partial charge in [-0.25, -0.2) is 4.98 Å². The van der Waals surface area contributed by atoms with Crippen LogP contribution in [0.25, 0.3) is 0 Å². The highest BCUT2D eigenvalue weighted by atomic mass is 32.1. The van der Waals surface area contributed by atoms with E-state index >= 15 is 0 Å². The van der Waals surface area contributed by atoms with Crippen molar-refractivity contribution in [1.29, 1.82) is 0 Å². The molecule has 5 nitrogen and oxygen atoms in total. The summed E-state index contributed by atoms with van der Waals surface area (Å²) in [4.78, 5) is 15.8. The van der Waals surface area contributed by atoms with E-state index in [0.717, 1.165) is 19.3 Å².